The minimum Gasteiger partial charge on any atom is -0.394 e. The number of aryl methyl sites for hydroxylation is 2. The van der Waals surface area contributed by atoms with Gasteiger partial charge in [0, 0.05) is 0 Å². The molecule has 0 aliphatic heterocycles. The molecule has 1 aromatic heterocycles. The first-order valence-electron chi connectivity index (χ1n) is 6.81. The number of hydrogen-bond acceptors (Lipinski definition) is 5. The standard InChI is InChI=1S/C15H18N4O2/c1-11-2-4-12(5-3-11)6-7-15-14(8-16)17-18-19(15)9-13(21)10-20/h2-5,13,20-21H,6-7,9-10H2,1H3. The Morgan fingerprint density at radius 3 is 2.62 bits per heavy atom. The Labute approximate surface area is 123 Å². The quantitative estimate of drug-likeness (QED) is 0.810. The molecule has 0 spiro atoms. The van der Waals surface area contributed by atoms with Gasteiger partial charge in [0.25, 0.3) is 0 Å². The van der Waals surface area contributed by atoms with Gasteiger partial charge in [-0.1, -0.05) is 35.0 Å². The molecule has 0 fully saturated rings. The van der Waals surface area contributed by atoms with Crippen LogP contribution >= 0.6 is 0 Å². The van der Waals surface area contributed by atoms with E-state index in [1.54, 1.807) is 0 Å². The van der Waals surface area contributed by atoms with E-state index in [1.807, 2.05) is 25.1 Å². The monoisotopic (exact) mass is 286 g/mol. The molecule has 1 heterocycles. The first kappa shape index (κ1) is 15.2. The lowest BCUT2D eigenvalue weighted by atomic mass is 10.1. The van der Waals surface area contributed by atoms with Gasteiger partial charge in [0.05, 0.1) is 24.9 Å². The highest BCUT2D eigenvalue weighted by Crippen LogP contribution is 2.11. The maximum atomic E-state index is 9.51. The number of benzene rings is 1. The second-order valence-electron chi connectivity index (χ2n) is 5.00. The lowest BCUT2D eigenvalue weighted by Gasteiger charge is -2.10. The molecule has 6 heteroatoms. The zero-order valence-corrected chi connectivity index (χ0v) is 11.9. The molecule has 0 radical (unpaired) electrons. The number of aromatic nitrogens is 3. The van der Waals surface area contributed by atoms with Gasteiger partial charge in [0.1, 0.15) is 6.07 Å². The molecule has 2 aromatic rings. The molecule has 21 heavy (non-hydrogen) atoms. The molecule has 0 amide bonds. The molecule has 0 saturated heterocycles. The fourth-order valence-corrected chi connectivity index (χ4v) is 2.09. The van der Waals surface area contributed by atoms with Gasteiger partial charge < -0.3 is 10.2 Å². The number of hydrogen-bond donors (Lipinski definition) is 2. The third kappa shape index (κ3) is 3.88. The second kappa shape index (κ2) is 6.97. The van der Waals surface area contributed by atoms with Crippen LogP contribution in [-0.2, 0) is 19.4 Å². The number of aliphatic hydroxyl groups excluding tert-OH is 2. The minimum atomic E-state index is -0.906. The van der Waals surface area contributed by atoms with Gasteiger partial charge in [-0.25, -0.2) is 4.68 Å². The molecule has 2 rings (SSSR count). The van der Waals surface area contributed by atoms with Crippen molar-refractivity contribution in [3.8, 4) is 6.07 Å². The Bertz CT molecular complexity index is 628. The van der Waals surface area contributed by atoms with Crippen molar-refractivity contribution in [1.82, 2.24) is 15.0 Å². The summed E-state index contributed by atoms with van der Waals surface area (Å²) in [7, 11) is 0. The lowest BCUT2D eigenvalue weighted by Crippen LogP contribution is -2.22. The maximum Gasteiger partial charge on any atom is 0.185 e. The minimum absolute atomic E-state index is 0.133. The fourth-order valence-electron chi connectivity index (χ4n) is 2.09. The third-order valence-electron chi connectivity index (χ3n) is 3.31. The predicted octanol–water partition coefficient (Wildman–Crippen LogP) is 0.597. The lowest BCUT2D eigenvalue weighted by molar-refractivity contribution is 0.0770. The molecular formula is C15H18N4O2. The summed E-state index contributed by atoms with van der Waals surface area (Å²) in [6, 6.07) is 10.2. The molecule has 0 bridgehead atoms. The molecule has 110 valence electrons. The zero-order valence-electron chi connectivity index (χ0n) is 11.9. The first-order chi connectivity index (χ1) is 10.1. The Balaban J connectivity index is 2.12. The van der Waals surface area contributed by atoms with Crippen LogP contribution in [0.25, 0.3) is 0 Å². The van der Waals surface area contributed by atoms with Crippen molar-refractivity contribution in [2.45, 2.75) is 32.4 Å². The van der Waals surface area contributed by atoms with Crippen molar-refractivity contribution >= 4 is 0 Å². The molecule has 2 N–H and O–H groups in total. The smallest absolute Gasteiger partial charge is 0.185 e. The number of nitriles is 1. The van der Waals surface area contributed by atoms with Crippen LogP contribution in [0.15, 0.2) is 24.3 Å². The fraction of sp³-hybridized carbons (Fsp3) is 0.400. The Hall–Kier alpha value is -2.23. The van der Waals surface area contributed by atoms with E-state index in [0.717, 1.165) is 6.42 Å². The third-order valence-corrected chi connectivity index (χ3v) is 3.31. The van der Waals surface area contributed by atoms with Crippen LogP contribution in [0, 0.1) is 18.3 Å². The zero-order chi connectivity index (χ0) is 15.2. The van der Waals surface area contributed by atoms with Crippen LogP contribution in [-0.4, -0.2) is 37.9 Å². The van der Waals surface area contributed by atoms with Gasteiger partial charge in [-0.05, 0) is 25.3 Å². The van der Waals surface area contributed by atoms with Crippen molar-refractivity contribution in [3.05, 3.63) is 46.8 Å². The molecule has 1 aromatic carbocycles. The molecule has 0 aliphatic rings. The molecule has 6 nitrogen and oxygen atoms in total. The summed E-state index contributed by atoms with van der Waals surface area (Å²) < 4.78 is 1.49. The van der Waals surface area contributed by atoms with Crippen molar-refractivity contribution in [2.24, 2.45) is 0 Å². The van der Waals surface area contributed by atoms with E-state index in [-0.39, 0.29) is 18.8 Å². The van der Waals surface area contributed by atoms with Gasteiger partial charge >= 0.3 is 0 Å². The highest BCUT2D eigenvalue weighted by molar-refractivity contribution is 5.27. The number of rotatable bonds is 6. The maximum absolute atomic E-state index is 9.51. The largest absolute Gasteiger partial charge is 0.394 e. The average Bonchev–Trinajstić information content (AvgIpc) is 2.88. The van der Waals surface area contributed by atoms with E-state index in [1.165, 1.54) is 15.8 Å². The highest BCUT2D eigenvalue weighted by Gasteiger charge is 2.15. The Kier molecular flexibility index (Phi) is 5.04. The predicted molar refractivity (Wildman–Crippen MR) is 76.4 cm³/mol. The summed E-state index contributed by atoms with van der Waals surface area (Å²) in [5.74, 6) is 0. The normalized spacial score (nSPS) is 12.1. The summed E-state index contributed by atoms with van der Waals surface area (Å²) in [6.45, 7) is 1.82. The summed E-state index contributed by atoms with van der Waals surface area (Å²) in [6.07, 6.45) is 0.464. The van der Waals surface area contributed by atoms with Crippen LogP contribution < -0.4 is 0 Å². The van der Waals surface area contributed by atoms with Crippen LogP contribution in [0.2, 0.25) is 0 Å². The molecule has 0 aliphatic carbocycles. The summed E-state index contributed by atoms with van der Waals surface area (Å²) in [5.41, 5.74) is 3.33. The van der Waals surface area contributed by atoms with E-state index in [2.05, 4.69) is 22.4 Å². The summed E-state index contributed by atoms with van der Waals surface area (Å²) in [4.78, 5) is 0. The van der Waals surface area contributed by atoms with E-state index in [0.29, 0.717) is 12.1 Å². The van der Waals surface area contributed by atoms with Crippen molar-refractivity contribution in [1.29, 1.82) is 5.26 Å². The van der Waals surface area contributed by atoms with Gasteiger partial charge in [-0.2, -0.15) is 5.26 Å². The molecule has 0 saturated carbocycles. The van der Waals surface area contributed by atoms with Crippen LogP contribution in [0.1, 0.15) is 22.5 Å². The SMILES string of the molecule is Cc1ccc(CCc2c(C#N)nnn2CC(O)CO)cc1. The number of nitrogens with zero attached hydrogens (tertiary/aromatic N) is 4. The van der Waals surface area contributed by atoms with Crippen LogP contribution in [0.5, 0.6) is 0 Å². The second-order valence-corrected chi connectivity index (χ2v) is 5.00. The number of aliphatic hydroxyl groups is 2. The summed E-state index contributed by atoms with van der Waals surface area (Å²) in [5, 5.41) is 35.2. The van der Waals surface area contributed by atoms with E-state index < -0.39 is 6.10 Å². The van der Waals surface area contributed by atoms with Gasteiger partial charge in [0.15, 0.2) is 5.69 Å². The van der Waals surface area contributed by atoms with Gasteiger partial charge in [0.2, 0.25) is 0 Å². The first-order valence-corrected chi connectivity index (χ1v) is 6.81. The average molecular weight is 286 g/mol. The van der Waals surface area contributed by atoms with Gasteiger partial charge in [-0.3, -0.25) is 0 Å². The Morgan fingerprint density at radius 2 is 2.00 bits per heavy atom. The highest BCUT2D eigenvalue weighted by atomic mass is 16.3. The summed E-state index contributed by atoms with van der Waals surface area (Å²) >= 11 is 0. The van der Waals surface area contributed by atoms with Crippen LogP contribution in [0.4, 0.5) is 0 Å². The van der Waals surface area contributed by atoms with Crippen molar-refractivity contribution in [3.63, 3.8) is 0 Å². The van der Waals surface area contributed by atoms with E-state index >= 15 is 0 Å². The van der Waals surface area contributed by atoms with Crippen molar-refractivity contribution < 1.29 is 10.2 Å². The van der Waals surface area contributed by atoms with Gasteiger partial charge in [-0.15, -0.1) is 5.10 Å². The van der Waals surface area contributed by atoms with E-state index in [4.69, 9.17) is 10.4 Å². The van der Waals surface area contributed by atoms with Crippen molar-refractivity contribution in [2.75, 3.05) is 6.61 Å². The molecule has 1 unspecified atom stereocenters. The van der Waals surface area contributed by atoms with Crippen LogP contribution in [0.3, 0.4) is 0 Å². The molecule has 1 atom stereocenters. The Morgan fingerprint density at radius 1 is 1.29 bits per heavy atom. The topological polar surface area (TPSA) is 95.0 Å². The van der Waals surface area contributed by atoms with E-state index in [9.17, 15) is 5.11 Å². The molecular weight excluding hydrogens is 268 g/mol.